The normalized spacial score (nSPS) is 47.3. The molecule has 9 fully saturated rings. The minimum Gasteiger partial charge on any atom is -0.454 e. The number of esters is 1. The number of allylic oxidation sites excluding steroid dienone is 2. The molecule has 10 heteroatoms. The van der Waals surface area contributed by atoms with Gasteiger partial charge in [-0.25, -0.2) is 4.79 Å². The molecule has 0 amide bonds. The Morgan fingerprint density at radius 3 is 2.31 bits per heavy atom. The first-order valence-electron chi connectivity index (χ1n) is 33.8. The molecule has 14 aliphatic carbocycles. The predicted octanol–water partition coefficient (Wildman–Crippen LogP) is 9.86. The number of benzene rings is 3. The van der Waals surface area contributed by atoms with E-state index in [1.54, 1.807) is 6.08 Å². The molecule has 3 aromatic rings. The number of aliphatic hydroxyl groups excluding tert-OH is 3. The van der Waals surface area contributed by atoms with E-state index in [4.69, 9.17) is 4.74 Å². The lowest BCUT2D eigenvalue weighted by Gasteiger charge is -2.75. The van der Waals surface area contributed by atoms with Crippen molar-refractivity contribution in [3.63, 3.8) is 0 Å². The van der Waals surface area contributed by atoms with Gasteiger partial charge >= 0.3 is 5.97 Å². The summed E-state index contributed by atoms with van der Waals surface area (Å²) in [6.45, 7) is -0.144. The highest BCUT2D eigenvalue weighted by Crippen LogP contribution is 2.80. The summed E-state index contributed by atoms with van der Waals surface area (Å²) < 4.78 is 6.56. The molecule has 1 aliphatic heterocycles. The fraction of sp³-hybridized carbons (Fsp3) is 0.653. The Hall–Kier alpha value is -4.44. The van der Waals surface area contributed by atoms with Crippen molar-refractivity contribution in [2.45, 2.75) is 202 Å². The largest absolute Gasteiger partial charge is 0.454 e. The van der Waals surface area contributed by atoms with E-state index in [0.717, 1.165) is 99.2 Å². The number of fused-ring (bicyclic) bond motifs is 4. The topological polar surface area (TPSA) is 177 Å². The van der Waals surface area contributed by atoms with Crippen LogP contribution in [0.1, 0.15) is 167 Å². The highest BCUT2D eigenvalue weighted by Gasteiger charge is 2.87. The molecule has 3 spiro atoms. The average molecular weight is 1150 g/mol. The van der Waals surface area contributed by atoms with Crippen molar-refractivity contribution in [3.8, 4) is 11.8 Å². The third-order valence-electron chi connectivity index (χ3n) is 27.9. The van der Waals surface area contributed by atoms with Crippen LogP contribution in [0.2, 0.25) is 0 Å². The van der Waals surface area contributed by atoms with Crippen LogP contribution in [0, 0.1) is 105 Å². The molecular weight excluding hydrogens is 1060 g/mol. The number of carbonyl (C=O) groups is 2. The van der Waals surface area contributed by atoms with Gasteiger partial charge in [0, 0.05) is 52.2 Å². The van der Waals surface area contributed by atoms with Crippen LogP contribution in [0.25, 0.3) is 0 Å². The molecule has 15 bridgehead atoms. The molecule has 1 heterocycles. The number of nitrogens with one attached hydrogen (secondary N) is 1. The second-order valence-corrected chi connectivity index (χ2v) is 31.3. The van der Waals surface area contributed by atoms with E-state index in [1.807, 2.05) is 19.2 Å². The van der Waals surface area contributed by atoms with Crippen molar-refractivity contribution in [2.75, 3.05) is 7.05 Å². The zero-order valence-electron chi connectivity index (χ0n) is 50.0. The van der Waals surface area contributed by atoms with Crippen LogP contribution in [-0.4, -0.2) is 91.1 Å². The molecule has 0 saturated heterocycles. The van der Waals surface area contributed by atoms with E-state index in [-0.39, 0.29) is 67.4 Å². The van der Waals surface area contributed by atoms with Crippen molar-refractivity contribution < 1.29 is 45.0 Å². The molecule has 7 N–H and O–H groups in total. The van der Waals surface area contributed by atoms with Crippen molar-refractivity contribution >= 4 is 12.3 Å². The van der Waals surface area contributed by atoms with Gasteiger partial charge in [-0.3, -0.25) is 0 Å². The summed E-state index contributed by atoms with van der Waals surface area (Å²) in [5, 5.41) is 88.5. The summed E-state index contributed by atoms with van der Waals surface area (Å²) >= 11 is 0. The first-order chi connectivity index (χ1) is 41.1. The molecule has 85 heavy (non-hydrogen) atoms. The number of rotatable bonds is 4. The lowest BCUT2D eigenvalue weighted by molar-refractivity contribution is -0.385. The van der Waals surface area contributed by atoms with Crippen LogP contribution in [0.4, 0.5) is 0 Å². The number of hydrogen-bond acceptors (Lipinski definition) is 10. The second-order valence-electron chi connectivity index (χ2n) is 31.3. The van der Waals surface area contributed by atoms with Crippen LogP contribution in [0.3, 0.4) is 0 Å². The first-order valence-corrected chi connectivity index (χ1v) is 33.8. The van der Waals surface area contributed by atoms with E-state index < -0.39 is 86.4 Å². The summed E-state index contributed by atoms with van der Waals surface area (Å²) in [6.07, 6.45) is 21.4. The van der Waals surface area contributed by atoms with Crippen molar-refractivity contribution in [2.24, 2.45) is 92.7 Å². The fourth-order valence-electron chi connectivity index (χ4n) is 24.8. The molecule has 9 saturated carbocycles. The lowest BCUT2D eigenvalue weighted by atomic mass is 9.32. The van der Waals surface area contributed by atoms with Gasteiger partial charge in [-0.05, 0) is 233 Å². The zero-order valence-corrected chi connectivity index (χ0v) is 50.0. The molecule has 0 unspecified atom stereocenters. The average Bonchev–Trinajstić information content (AvgIpc) is 1.63. The summed E-state index contributed by atoms with van der Waals surface area (Å²) in [5.41, 5.74) is -1.72. The number of hydrogen-bond donors (Lipinski definition) is 7. The van der Waals surface area contributed by atoms with Gasteiger partial charge in [0.15, 0.2) is 0 Å². The minimum atomic E-state index is -2.29. The third kappa shape index (κ3) is 7.87. The number of likely N-dealkylation sites (N-methyl/N-ethyl adjacent to an activating group) is 1. The maximum atomic E-state index is 15.7. The number of aliphatic hydroxyl groups is 6. The van der Waals surface area contributed by atoms with Crippen molar-refractivity contribution in [3.05, 3.63) is 129 Å². The van der Waals surface area contributed by atoms with Gasteiger partial charge in [-0.1, -0.05) is 110 Å². The summed E-state index contributed by atoms with van der Waals surface area (Å²) in [4.78, 5) is 29.9. The smallest absolute Gasteiger partial charge is 0.331 e. The third-order valence-corrected chi connectivity index (χ3v) is 27.9. The van der Waals surface area contributed by atoms with Crippen molar-refractivity contribution in [1.82, 2.24) is 5.32 Å². The zero-order chi connectivity index (χ0) is 58.0. The number of aldehydes is 1. The molecule has 450 valence electrons. The molecule has 22 atom stereocenters. The minimum absolute atomic E-state index is 0.0121. The summed E-state index contributed by atoms with van der Waals surface area (Å²) in [5.74, 6) is 5.13. The Labute approximate surface area is 503 Å². The predicted molar refractivity (Wildman–Crippen MR) is 323 cm³/mol. The van der Waals surface area contributed by atoms with Gasteiger partial charge in [-0.2, -0.15) is 0 Å². The van der Waals surface area contributed by atoms with E-state index >= 15 is 15.0 Å². The van der Waals surface area contributed by atoms with Gasteiger partial charge in [0.1, 0.15) is 23.6 Å². The highest BCUT2D eigenvalue weighted by atomic mass is 16.5. The molecule has 3 aromatic carbocycles. The van der Waals surface area contributed by atoms with Gasteiger partial charge in [0.05, 0.1) is 29.8 Å². The monoisotopic (exact) mass is 1150 g/mol. The molecule has 10 nitrogen and oxygen atoms in total. The lowest BCUT2D eigenvalue weighted by Crippen LogP contribution is -2.86. The maximum Gasteiger partial charge on any atom is 0.331 e. The van der Waals surface area contributed by atoms with Crippen LogP contribution >= 0.6 is 0 Å². The SMILES string of the molecule is CN[C@@H]1Cc2c(cccc2CO)C#C[C@]23CC[C@@H](Cc4cccc(c4)Cc4cccc(c4)CC[C@@H]4CC[C@]5(C4)C[C@]4(C=O)[C@H]6CC[C@]7(C2)[C@H]2C8=CC(=O)O[C@@H]8[C@@H]1C[C@@H]2C[C@]7(O)[C@@]6(O)[C@@H](O)[C@H]1C[C@H]2[C@H](C=CC[C@@H]2C2CCCC2)C[C@@H]([C@H]5O)[C@@]14O)C3. The van der Waals surface area contributed by atoms with Crippen LogP contribution in [-0.2, 0) is 46.6 Å². The molecule has 0 aromatic heterocycles. The number of carbonyl (C=O) groups excluding carboxylic acids is 2. The van der Waals surface area contributed by atoms with Crippen LogP contribution in [0.5, 0.6) is 0 Å². The molecule has 0 radical (unpaired) electrons. The molecular formula is C75H91NO9. The van der Waals surface area contributed by atoms with Crippen LogP contribution < -0.4 is 5.32 Å². The molecule has 18 rings (SSSR count). The Balaban J connectivity index is 0.929. The fourth-order valence-corrected chi connectivity index (χ4v) is 24.8. The Bertz CT molecular complexity index is 3320. The maximum absolute atomic E-state index is 15.7. The van der Waals surface area contributed by atoms with Gasteiger partial charge in [-0.15, -0.1) is 0 Å². The van der Waals surface area contributed by atoms with Crippen LogP contribution in [0.15, 0.2) is 90.5 Å². The van der Waals surface area contributed by atoms with Gasteiger partial charge in [0.25, 0.3) is 0 Å². The summed E-state index contributed by atoms with van der Waals surface area (Å²) in [7, 11) is 1.95. The number of ether oxygens (including phenoxy) is 1. The van der Waals surface area contributed by atoms with Crippen molar-refractivity contribution in [1.29, 1.82) is 0 Å². The van der Waals surface area contributed by atoms with Gasteiger partial charge in [0.2, 0.25) is 0 Å². The van der Waals surface area contributed by atoms with E-state index in [2.05, 4.69) is 83.9 Å². The Morgan fingerprint density at radius 1 is 0.741 bits per heavy atom. The van der Waals surface area contributed by atoms with Gasteiger partial charge < -0.3 is 45.5 Å². The Kier molecular flexibility index (Phi) is 13.2. The number of aryl methyl sites for hydroxylation is 1. The molecule has 15 aliphatic rings. The standard InChI is InChI=1S/C75H91NO9/c1-76-62-35-56-51(14-6-16-53(56)40-77)22-25-69-24-20-49(37-69)31-48-11-5-10-47(30-48)29-46-9-4-8-44(28-46)18-19-45-21-26-70(38-45)42-72(43-78)63-23-27-71(41-69)65-54(32-58(62)66-59(65)36-64(79)85-66)39-73(71,82)75(63,84)68(81)61-34-57-52(33-60(67(70)80)74(61,72)83)15-7-17-55(57)50-12-2-3-13-50/h4-11,14-16,28,30,36,43,45,49-50,52,54-55,57-58,60-63,65-68,76-77,80-84H,2-3,12-13,17-21,23-24,26-27,29,31-35,37-42H2,1H3/t45-,49+,52-,54-,55-,57+,58-,60+,61-,62-,63-,65-,66-,67-,68+,69+,70+,71+,72+,73-,74-,75+/m1/s1. The highest BCUT2D eigenvalue weighted by molar-refractivity contribution is 5.86. The van der Waals surface area contributed by atoms with E-state index in [0.29, 0.717) is 63.2 Å². The van der Waals surface area contributed by atoms with E-state index in [1.165, 1.54) is 35.1 Å². The summed E-state index contributed by atoms with van der Waals surface area (Å²) in [6, 6.07) is 24.0. The van der Waals surface area contributed by atoms with E-state index in [9.17, 15) is 25.2 Å². The second kappa shape index (κ2) is 20.0. The Morgan fingerprint density at radius 2 is 1.51 bits per heavy atom. The first kappa shape index (κ1) is 55.8. The quantitative estimate of drug-likeness (QED) is 0.0576.